The van der Waals surface area contributed by atoms with Gasteiger partial charge >= 0.3 is 5.97 Å². The third kappa shape index (κ3) is 7.08. The van der Waals surface area contributed by atoms with E-state index in [0.717, 1.165) is 19.3 Å². The van der Waals surface area contributed by atoms with Crippen LogP contribution in [0.15, 0.2) is 28.9 Å². The quantitative estimate of drug-likeness (QED) is 0.444. The Morgan fingerprint density at radius 1 is 1.37 bits per heavy atom. The number of ether oxygens (including phenoxy) is 1. The highest BCUT2D eigenvalue weighted by Crippen LogP contribution is 2.02. The van der Waals surface area contributed by atoms with Gasteiger partial charge < -0.3 is 14.5 Å². The predicted octanol–water partition coefficient (Wildman–Crippen LogP) is 2.14. The van der Waals surface area contributed by atoms with Crippen LogP contribution in [0.1, 0.15) is 31.4 Å². The molecule has 1 N–H and O–H groups in total. The largest absolute Gasteiger partial charge is 0.469 e. The summed E-state index contributed by atoms with van der Waals surface area (Å²) in [5.41, 5.74) is 0. The SMILES string of the molecule is COC(=O)CCCCCNC(=O)C=Cc1ccco1. The number of carbonyl (C=O) groups excluding carboxylic acids is 2. The number of methoxy groups -OCH3 is 1. The van der Waals surface area contributed by atoms with Crippen molar-refractivity contribution in [3.05, 3.63) is 30.2 Å². The normalized spacial score (nSPS) is 10.6. The Bertz CT molecular complexity index is 409. The zero-order chi connectivity index (χ0) is 13.9. The van der Waals surface area contributed by atoms with E-state index in [2.05, 4.69) is 10.1 Å². The minimum atomic E-state index is -0.189. The summed E-state index contributed by atoms with van der Waals surface area (Å²) in [7, 11) is 1.38. The molecule has 104 valence electrons. The maximum absolute atomic E-state index is 11.4. The Labute approximate surface area is 112 Å². The highest BCUT2D eigenvalue weighted by molar-refractivity contribution is 5.91. The molecular weight excluding hydrogens is 246 g/mol. The van der Waals surface area contributed by atoms with Crippen LogP contribution < -0.4 is 5.32 Å². The molecule has 0 spiro atoms. The van der Waals surface area contributed by atoms with Crippen LogP contribution in [0.4, 0.5) is 0 Å². The van der Waals surface area contributed by atoms with E-state index in [1.807, 2.05) is 0 Å². The molecule has 0 bridgehead atoms. The minimum Gasteiger partial charge on any atom is -0.469 e. The first-order chi connectivity index (χ1) is 9.22. The number of hydrogen-bond donors (Lipinski definition) is 1. The van der Waals surface area contributed by atoms with E-state index in [1.54, 1.807) is 24.5 Å². The maximum Gasteiger partial charge on any atom is 0.305 e. The van der Waals surface area contributed by atoms with Gasteiger partial charge in [0.15, 0.2) is 0 Å². The lowest BCUT2D eigenvalue weighted by Gasteiger charge is -2.02. The average Bonchev–Trinajstić information content (AvgIpc) is 2.93. The molecule has 19 heavy (non-hydrogen) atoms. The maximum atomic E-state index is 11.4. The highest BCUT2D eigenvalue weighted by Gasteiger charge is 2.00. The minimum absolute atomic E-state index is 0.149. The van der Waals surface area contributed by atoms with Crippen molar-refractivity contribution in [2.24, 2.45) is 0 Å². The number of hydrogen-bond acceptors (Lipinski definition) is 4. The molecule has 0 aliphatic rings. The van der Waals surface area contributed by atoms with E-state index < -0.39 is 0 Å². The summed E-state index contributed by atoms with van der Waals surface area (Å²) in [5.74, 6) is 0.308. The lowest BCUT2D eigenvalue weighted by molar-refractivity contribution is -0.140. The van der Waals surface area contributed by atoms with Gasteiger partial charge in [0, 0.05) is 19.0 Å². The Balaban J connectivity index is 2.03. The van der Waals surface area contributed by atoms with Crippen molar-refractivity contribution in [2.45, 2.75) is 25.7 Å². The van der Waals surface area contributed by atoms with Crippen LogP contribution in [-0.2, 0) is 14.3 Å². The second-order valence-electron chi connectivity index (χ2n) is 4.03. The van der Waals surface area contributed by atoms with E-state index in [1.165, 1.54) is 13.2 Å². The molecule has 0 aliphatic carbocycles. The summed E-state index contributed by atoms with van der Waals surface area (Å²) < 4.78 is 9.60. The Morgan fingerprint density at radius 3 is 2.89 bits per heavy atom. The third-order valence-electron chi connectivity index (χ3n) is 2.53. The van der Waals surface area contributed by atoms with Crippen LogP contribution >= 0.6 is 0 Å². The van der Waals surface area contributed by atoms with E-state index in [0.29, 0.717) is 18.7 Å². The third-order valence-corrected chi connectivity index (χ3v) is 2.53. The number of rotatable bonds is 8. The molecule has 0 radical (unpaired) electrons. The Morgan fingerprint density at radius 2 is 2.21 bits per heavy atom. The van der Waals surface area contributed by atoms with E-state index in [9.17, 15) is 9.59 Å². The lowest BCUT2D eigenvalue weighted by Crippen LogP contribution is -2.22. The summed E-state index contributed by atoms with van der Waals surface area (Å²) in [6.07, 6.45) is 7.56. The first-order valence-corrected chi connectivity index (χ1v) is 6.28. The van der Waals surface area contributed by atoms with Crippen molar-refractivity contribution in [1.82, 2.24) is 5.32 Å². The van der Waals surface area contributed by atoms with E-state index in [-0.39, 0.29) is 11.9 Å². The fourth-order valence-electron chi connectivity index (χ4n) is 1.49. The van der Waals surface area contributed by atoms with Gasteiger partial charge in [0.05, 0.1) is 13.4 Å². The fourth-order valence-corrected chi connectivity index (χ4v) is 1.49. The summed E-state index contributed by atoms with van der Waals surface area (Å²) in [4.78, 5) is 22.3. The lowest BCUT2D eigenvalue weighted by atomic mass is 10.2. The molecule has 1 rings (SSSR count). The molecule has 0 fully saturated rings. The van der Waals surface area contributed by atoms with Gasteiger partial charge in [-0.05, 0) is 31.1 Å². The number of carbonyl (C=O) groups is 2. The Hall–Kier alpha value is -2.04. The standard InChI is InChI=1S/C14H19NO4/c1-18-14(17)7-3-2-4-10-15-13(16)9-8-12-6-5-11-19-12/h5-6,8-9,11H,2-4,7,10H2,1H3,(H,15,16). The van der Waals surface area contributed by atoms with Crippen molar-refractivity contribution in [3.8, 4) is 0 Å². The predicted molar refractivity (Wildman–Crippen MR) is 71.2 cm³/mol. The van der Waals surface area contributed by atoms with Crippen LogP contribution in [0.25, 0.3) is 6.08 Å². The van der Waals surface area contributed by atoms with Crippen LogP contribution in [0.3, 0.4) is 0 Å². The van der Waals surface area contributed by atoms with Gasteiger partial charge in [0.25, 0.3) is 0 Å². The molecule has 0 aliphatic heterocycles. The number of esters is 1. The molecule has 1 aromatic rings. The van der Waals surface area contributed by atoms with Gasteiger partial charge in [0.2, 0.25) is 5.91 Å². The van der Waals surface area contributed by atoms with Crippen molar-refractivity contribution < 1.29 is 18.7 Å². The summed E-state index contributed by atoms with van der Waals surface area (Å²) in [6, 6.07) is 3.54. The van der Waals surface area contributed by atoms with Gasteiger partial charge in [-0.15, -0.1) is 0 Å². The van der Waals surface area contributed by atoms with Crippen LogP contribution in [0.5, 0.6) is 0 Å². The first-order valence-electron chi connectivity index (χ1n) is 6.28. The van der Waals surface area contributed by atoms with Crippen molar-refractivity contribution in [1.29, 1.82) is 0 Å². The van der Waals surface area contributed by atoms with Gasteiger partial charge in [-0.3, -0.25) is 9.59 Å². The van der Waals surface area contributed by atoms with Crippen molar-refractivity contribution >= 4 is 18.0 Å². The van der Waals surface area contributed by atoms with Gasteiger partial charge in [-0.1, -0.05) is 6.42 Å². The average molecular weight is 265 g/mol. The number of amides is 1. The van der Waals surface area contributed by atoms with Gasteiger partial charge in [0.1, 0.15) is 5.76 Å². The second-order valence-corrected chi connectivity index (χ2v) is 4.03. The molecule has 0 atom stereocenters. The second kappa shape index (κ2) is 8.97. The molecule has 0 saturated heterocycles. The fraction of sp³-hybridized carbons (Fsp3) is 0.429. The number of unbranched alkanes of at least 4 members (excludes halogenated alkanes) is 2. The summed E-state index contributed by atoms with van der Waals surface area (Å²) >= 11 is 0. The highest BCUT2D eigenvalue weighted by atomic mass is 16.5. The summed E-state index contributed by atoms with van der Waals surface area (Å²) in [5, 5.41) is 2.76. The Kier molecular flexibility index (Phi) is 7.09. The zero-order valence-corrected chi connectivity index (χ0v) is 11.1. The molecular formula is C14H19NO4. The van der Waals surface area contributed by atoms with E-state index in [4.69, 9.17) is 4.42 Å². The monoisotopic (exact) mass is 265 g/mol. The molecule has 5 heteroatoms. The molecule has 5 nitrogen and oxygen atoms in total. The van der Waals surface area contributed by atoms with Crippen LogP contribution in [0, 0.1) is 0 Å². The molecule has 1 aromatic heterocycles. The zero-order valence-electron chi connectivity index (χ0n) is 11.1. The molecule has 0 saturated carbocycles. The van der Waals surface area contributed by atoms with Crippen molar-refractivity contribution in [3.63, 3.8) is 0 Å². The molecule has 0 unspecified atom stereocenters. The topological polar surface area (TPSA) is 68.5 Å². The molecule has 0 aromatic carbocycles. The molecule has 1 heterocycles. The smallest absolute Gasteiger partial charge is 0.305 e. The summed E-state index contributed by atoms with van der Waals surface area (Å²) in [6.45, 7) is 0.600. The van der Waals surface area contributed by atoms with E-state index >= 15 is 0 Å². The molecule has 1 amide bonds. The van der Waals surface area contributed by atoms with Gasteiger partial charge in [-0.25, -0.2) is 0 Å². The van der Waals surface area contributed by atoms with Gasteiger partial charge in [-0.2, -0.15) is 0 Å². The van der Waals surface area contributed by atoms with Crippen molar-refractivity contribution in [2.75, 3.05) is 13.7 Å². The number of nitrogens with one attached hydrogen (secondary N) is 1. The van der Waals surface area contributed by atoms with Crippen LogP contribution in [-0.4, -0.2) is 25.5 Å². The van der Waals surface area contributed by atoms with Crippen LogP contribution in [0.2, 0.25) is 0 Å². The number of furan rings is 1. The first kappa shape index (κ1) is 15.0.